The fourth-order valence-electron chi connectivity index (χ4n) is 2.05. The number of amides is 1. The van der Waals surface area contributed by atoms with Gasteiger partial charge in [0.1, 0.15) is 11.3 Å². The fraction of sp³-hybridized carbons (Fsp3) is 0.250. The SMILES string of the molecule is Cc1cc(C)cc(NC(=O)COC(=O)c2ccoc2C)c1. The van der Waals surface area contributed by atoms with Crippen LogP contribution in [0.3, 0.4) is 0 Å². The van der Waals surface area contributed by atoms with E-state index in [2.05, 4.69) is 5.32 Å². The highest BCUT2D eigenvalue weighted by Crippen LogP contribution is 2.14. The van der Waals surface area contributed by atoms with Crippen LogP contribution in [0.2, 0.25) is 0 Å². The van der Waals surface area contributed by atoms with Crippen molar-refractivity contribution in [2.24, 2.45) is 0 Å². The lowest BCUT2D eigenvalue weighted by molar-refractivity contribution is -0.119. The third kappa shape index (κ3) is 3.95. The number of aryl methyl sites for hydroxylation is 3. The average Bonchev–Trinajstić information content (AvgIpc) is 2.81. The van der Waals surface area contributed by atoms with E-state index in [1.54, 1.807) is 6.92 Å². The van der Waals surface area contributed by atoms with Gasteiger partial charge in [0.05, 0.1) is 6.26 Å². The van der Waals surface area contributed by atoms with Crippen LogP contribution in [0.4, 0.5) is 5.69 Å². The number of esters is 1. The molecule has 0 saturated heterocycles. The van der Waals surface area contributed by atoms with Crippen molar-refractivity contribution in [2.45, 2.75) is 20.8 Å². The first-order valence-electron chi connectivity index (χ1n) is 6.55. The Balaban J connectivity index is 1.90. The van der Waals surface area contributed by atoms with Gasteiger partial charge in [0.25, 0.3) is 5.91 Å². The zero-order valence-corrected chi connectivity index (χ0v) is 12.2. The third-order valence-electron chi connectivity index (χ3n) is 2.92. The van der Waals surface area contributed by atoms with Crippen LogP contribution in [0.5, 0.6) is 0 Å². The Morgan fingerprint density at radius 1 is 1.14 bits per heavy atom. The number of carbonyl (C=O) groups is 2. The van der Waals surface area contributed by atoms with Gasteiger partial charge in [-0.15, -0.1) is 0 Å². The van der Waals surface area contributed by atoms with Crippen LogP contribution in [0.1, 0.15) is 27.2 Å². The van der Waals surface area contributed by atoms with Crippen LogP contribution < -0.4 is 5.32 Å². The molecular weight excluding hydrogens is 270 g/mol. The van der Waals surface area contributed by atoms with Gasteiger partial charge in [-0.1, -0.05) is 6.07 Å². The molecule has 0 fully saturated rings. The molecule has 1 heterocycles. The van der Waals surface area contributed by atoms with Gasteiger partial charge < -0.3 is 14.5 Å². The highest BCUT2D eigenvalue weighted by atomic mass is 16.5. The average molecular weight is 287 g/mol. The highest BCUT2D eigenvalue weighted by Gasteiger charge is 2.14. The summed E-state index contributed by atoms with van der Waals surface area (Å²) < 4.78 is 9.96. The lowest BCUT2D eigenvalue weighted by Gasteiger charge is -2.08. The minimum absolute atomic E-state index is 0.328. The van der Waals surface area contributed by atoms with Gasteiger partial charge in [0.15, 0.2) is 6.61 Å². The van der Waals surface area contributed by atoms with Crippen molar-refractivity contribution in [3.8, 4) is 0 Å². The second kappa shape index (κ2) is 6.26. The second-order valence-corrected chi connectivity index (χ2v) is 4.89. The number of nitrogens with one attached hydrogen (secondary N) is 1. The molecule has 0 radical (unpaired) electrons. The molecule has 0 bridgehead atoms. The van der Waals surface area contributed by atoms with E-state index in [-0.39, 0.29) is 12.5 Å². The lowest BCUT2D eigenvalue weighted by atomic mass is 10.1. The number of benzene rings is 1. The Morgan fingerprint density at radius 2 is 1.81 bits per heavy atom. The van der Waals surface area contributed by atoms with E-state index in [0.29, 0.717) is 17.0 Å². The molecule has 21 heavy (non-hydrogen) atoms. The molecule has 0 saturated carbocycles. The molecule has 0 atom stereocenters. The van der Waals surface area contributed by atoms with E-state index >= 15 is 0 Å². The summed E-state index contributed by atoms with van der Waals surface area (Å²) in [4.78, 5) is 23.5. The summed E-state index contributed by atoms with van der Waals surface area (Å²) in [7, 11) is 0. The summed E-state index contributed by atoms with van der Waals surface area (Å²) in [6.07, 6.45) is 1.40. The van der Waals surface area contributed by atoms with Gasteiger partial charge in [-0.3, -0.25) is 4.79 Å². The first kappa shape index (κ1) is 14.8. The van der Waals surface area contributed by atoms with Gasteiger partial charge >= 0.3 is 5.97 Å². The number of furan rings is 1. The molecule has 0 unspecified atom stereocenters. The predicted octanol–water partition coefficient (Wildman–Crippen LogP) is 3.00. The maximum atomic E-state index is 11.8. The van der Waals surface area contributed by atoms with Crippen molar-refractivity contribution in [1.29, 1.82) is 0 Å². The summed E-state index contributed by atoms with van der Waals surface area (Å²) in [5, 5.41) is 2.70. The van der Waals surface area contributed by atoms with Gasteiger partial charge in [0.2, 0.25) is 0 Å². The molecule has 2 rings (SSSR count). The first-order chi connectivity index (χ1) is 9.95. The van der Waals surface area contributed by atoms with Gasteiger partial charge in [-0.05, 0) is 50.1 Å². The number of rotatable bonds is 4. The van der Waals surface area contributed by atoms with E-state index < -0.39 is 5.97 Å². The van der Waals surface area contributed by atoms with Crippen LogP contribution in [-0.4, -0.2) is 18.5 Å². The van der Waals surface area contributed by atoms with Gasteiger partial charge in [-0.2, -0.15) is 0 Å². The van der Waals surface area contributed by atoms with Gasteiger partial charge in [-0.25, -0.2) is 4.79 Å². The predicted molar refractivity (Wildman–Crippen MR) is 78.3 cm³/mol. The fourth-order valence-corrected chi connectivity index (χ4v) is 2.05. The summed E-state index contributed by atoms with van der Waals surface area (Å²) in [6.45, 7) is 5.22. The quantitative estimate of drug-likeness (QED) is 0.878. The molecule has 1 aromatic heterocycles. The van der Waals surface area contributed by atoms with Crippen LogP contribution in [0.15, 0.2) is 34.9 Å². The minimum atomic E-state index is -0.572. The van der Waals surface area contributed by atoms with Crippen molar-refractivity contribution in [2.75, 3.05) is 11.9 Å². The van der Waals surface area contributed by atoms with Crippen molar-refractivity contribution in [3.63, 3.8) is 0 Å². The van der Waals surface area contributed by atoms with E-state index in [9.17, 15) is 9.59 Å². The van der Waals surface area contributed by atoms with E-state index in [1.165, 1.54) is 12.3 Å². The first-order valence-corrected chi connectivity index (χ1v) is 6.55. The highest BCUT2D eigenvalue weighted by molar-refractivity contribution is 5.95. The molecule has 0 spiro atoms. The Bertz CT molecular complexity index is 652. The van der Waals surface area contributed by atoms with E-state index in [1.807, 2.05) is 32.0 Å². The van der Waals surface area contributed by atoms with E-state index in [0.717, 1.165) is 11.1 Å². The monoisotopic (exact) mass is 287 g/mol. The lowest BCUT2D eigenvalue weighted by Crippen LogP contribution is -2.21. The summed E-state index contributed by atoms with van der Waals surface area (Å²) in [5.74, 6) is -0.485. The van der Waals surface area contributed by atoms with Crippen LogP contribution in [0.25, 0.3) is 0 Å². The number of hydrogen-bond donors (Lipinski definition) is 1. The number of carbonyl (C=O) groups excluding carboxylic acids is 2. The van der Waals surface area contributed by atoms with Crippen molar-refractivity contribution in [1.82, 2.24) is 0 Å². The smallest absolute Gasteiger partial charge is 0.342 e. The third-order valence-corrected chi connectivity index (χ3v) is 2.92. The largest absolute Gasteiger partial charge is 0.469 e. The molecule has 0 aliphatic carbocycles. The topological polar surface area (TPSA) is 68.5 Å². The number of ether oxygens (including phenoxy) is 1. The molecule has 2 aromatic rings. The number of hydrogen-bond acceptors (Lipinski definition) is 4. The molecule has 110 valence electrons. The maximum absolute atomic E-state index is 11.8. The van der Waals surface area contributed by atoms with Crippen molar-refractivity contribution in [3.05, 3.63) is 53.0 Å². The Morgan fingerprint density at radius 3 is 2.38 bits per heavy atom. The summed E-state index contributed by atoms with van der Waals surface area (Å²) in [5.41, 5.74) is 3.12. The molecular formula is C16H17NO4. The Kier molecular flexibility index (Phi) is 4.42. The zero-order valence-electron chi connectivity index (χ0n) is 12.2. The standard InChI is InChI=1S/C16H17NO4/c1-10-6-11(2)8-13(7-10)17-15(18)9-21-16(19)14-4-5-20-12(14)3/h4-8H,9H2,1-3H3,(H,17,18). The molecule has 1 N–H and O–H groups in total. The van der Waals surface area contributed by atoms with E-state index in [4.69, 9.17) is 9.15 Å². The molecule has 5 heteroatoms. The van der Waals surface area contributed by atoms with Crippen LogP contribution in [0, 0.1) is 20.8 Å². The summed E-state index contributed by atoms with van der Waals surface area (Å²) in [6, 6.07) is 7.23. The molecule has 1 aromatic carbocycles. The van der Waals surface area contributed by atoms with Gasteiger partial charge in [0, 0.05) is 5.69 Å². The molecule has 0 aliphatic rings. The molecule has 1 amide bonds. The van der Waals surface area contributed by atoms with Crippen molar-refractivity contribution < 1.29 is 18.7 Å². The maximum Gasteiger partial charge on any atom is 0.342 e. The van der Waals surface area contributed by atoms with Crippen LogP contribution in [-0.2, 0) is 9.53 Å². The minimum Gasteiger partial charge on any atom is -0.469 e. The molecule has 0 aliphatic heterocycles. The van der Waals surface area contributed by atoms with Crippen molar-refractivity contribution >= 4 is 17.6 Å². The Labute approximate surface area is 122 Å². The normalized spacial score (nSPS) is 10.2. The zero-order chi connectivity index (χ0) is 15.4. The second-order valence-electron chi connectivity index (χ2n) is 4.89. The molecule has 5 nitrogen and oxygen atoms in total. The number of anilines is 1. The van der Waals surface area contributed by atoms with Crippen LogP contribution >= 0.6 is 0 Å². The Hall–Kier alpha value is -2.56. The summed E-state index contributed by atoms with van der Waals surface area (Å²) >= 11 is 0.